The van der Waals surface area contributed by atoms with E-state index in [0.29, 0.717) is 6.04 Å². The molecule has 0 spiro atoms. The molecule has 112 valence electrons. The molecule has 1 aliphatic rings. The standard InChI is InChI=1S/C15H19N3OS2/c1-10(19)18-7-5-11(6-8-18)16-12-3-4-13-14(9-12)21-15(17-13)20-2/h3-4,9,11,16H,5-8H2,1-2H3. The molecular formula is C15H19N3OS2. The number of nitrogens with zero attached hydrogens (tertiary/aromatic N) is 2. The summed E-state index contributed by atoms with van der Waals surface area (Å²) in [6.45, 7) is 3.35. The van der Waals surface area contributed by atoms with Gasteiger partial charge in [-0.25, -0.2) is 4.98 Å². The quantitative estimate of drug-likeness (QED) is 0.880. The first-order chi connectivity index (χ1) is 10.2. The van der Waals surface area contributed by atoms with Crippen molar-refractivity contribution in [2.45, 2.75) is 30.1 Å². The monoisotopic (exact) mass is 321 g/mol. The molecule has 0 atom stereocenters. The van der Waals surface area contributed by atoms with Gasteiger partial charge in [0.2, 0.25) is 5.91 Å². The second kappa shape index (κ2) is 6.23. The molecule has 4 nitrogen and oxygen atoms in total. The van der Waals surface area contributed by atoms with Crippen molar-refractivity contribution in [2.24, 2.45) is 0 Å². The Morgan fingerprint density at radius 1 is 1.43 bits per heavy atom. The second-order valence-electron chi connectivity index (χ2n) is 5.29. The summed E-state index contributed by atoms with van der Waals surface area (Å²) >= 11 is 3.43. The Morgan fingerprint density at radius 3 is 2.86 bits per heavy atom. The molecule has 1 fully saturated rings. The maximum absolute atomic E-state index is 11.3. The summed E-state index contributed by atoms with van der Waals surface area (Å²) < 4.78 is 2.34. The number of fused-ring (bicyclic) bond motifs is 1. The van der Waals surface area contributed by atoms with E-state index in [1.807, 2.05) is 4.90 Å². The lowest BCUT2D eigenvalue weighted by Crippen LogP contribution is -2.41. The van der Waals surface area contributed by atoms with Crippen LogP contribution in [0.4, 0.5) is 5.69 Å². The number of carbonyl (C=O) groups excluding carboxylic acids is 1. The number of thioether (sulfide) groups is 1. The summed E-state index contributed by atoms with van der Waals surface area (Å²) in [4.78, 5) is 17.8. The summed E-state index contributed by atoms with van der Waals surface area (Å²) in [5.41, 5.74) is 2.22. The van der Waals surface area contributed by atoms with Crippen molar-refractivity contribution in [2.75, 3.05) is 24.7 Å². The first kappa shape index (κ1) is 14.7. The predicted molar refractivity (Wildman–Crippen MR) is 90.3 cm³/mol. The second-order valence-corrected chi connectivity index (χ2v) is 7.38. The third-order valence-corrected chi connectivity index (χ3v) is 5.86. The van der Waals surface area contributed by atoms with Gasteiger partial charge in [0.25, 0.3) is 0 Å². The number of nitrogens with one attached hydrogen (secondary N) is 1. The molecule has 1 N–H and O–H groups in total. The smallest absolute Gasteiger partial charge is 0.219 e. The highest BCUT2D eigenvalue weighted by molar-refractivity contribution is 8.00. The van der Waals surface area contributed by atoms with E-state index in [4.69, 9.17) is 0 Å². The van der Waals surface area contributed by atoms with E-state index in [2.05, 4.69) is 34.8 Å². The molecule has 1 amide bonds. The Morgan fingerprint density at radius 2 is 2.19 bits per heavy atom. The summed E-state index contributed by atoms with van der Waals surface area (Å²) in [6.07, 6.45) is 4.08. The molecule has 0 aliphatic carbocycles. The summed E-state index contributed by atoms with van der Waals surface area (Å²) in [6, 6.07) is 6.82. The van der Waals surface area contributed by atoms with Crippen LogP contribution in [0.25, 0.3) is 10.2 Å². The Bertz CT molecular complexity index is 647. The van der Waals surface area contributed by atoms with Gasteiger partial charge in [-0.15, -0.1) is 11.3 Å². The third kappa shape index (κ3) is 3.32. The van der Waals surface area contributed by atoms with Crippen molar-refractivity contribution in [1.82, 2.24) is 9.88 Å². The fraction of sp³-hybridized carbons (Fsp3) is 0.467. The average Bonchev–Trinajstić information content (AvgIpc) is 2.90. The van der Waals surface area contributed by atoms with Crippen LogP contribution < -0.4 is 5.32 Å². The number of hydrogen-bond acceptors (Lipinski definition) is 5. The molecule has 1 saturated heterocycles. The van der Waals surface area contributed by atoms with Gasteiger partial charge in [0.1, 0.15) is 0 Å². The number of thiazole rings is 1. The molecule has 0 saturated carbocycles. The fourth-order valence-corrected chi connectivity index (χ4v) is 4.18. The van der Waals surface area contributed by atoms with E-state index in [-0.39, 0.29) is 5.91 Å². The minimum atomic E-state index is 0.184. The fourth-order valence-electron chi connectivity index (χ4n) is 2.65. The Kier molecular flexibility index (Phi) is 4.35. The van der Waals surface area contributed by atoms with Crippen molar-refractivity contribution in [3.63, 3.8) is 0 Å². The van der Waals surface area contributed by atoms with Crippen LogP contribution in [0.3, 0.4) is 0 Å². The van der Waals surface area contributed by atoms with Gasteiger partial charge in [-0.1, -0.05) is 11.8 Å². The summed E-state index contributed by atoms with van der Waals surface area (Å²) in [7, 11) is 0. The molecule has 0 unspecified atom stereocenters. The topological polar surface area (TPSA) is 45.2 Å². The minimum absolute atomic E-state index is 0.184. The molecule has 21 heavy (non-hydrogen) atoms. The minimum Gasteiger partial charge on any atom is -0.382 e. The van der Waals surface area contributed by atoms with Gasteiger partial charge >= 0.3 is 0 Å². The molecule has 3 rings (SSSR count). The lowest BCUT2D eigenvalue weighted by molar-refractivity contribution is -0.129. The zero-order valence-electron chi connectivity index (χ0n) is 12.3. The molecule has 1 aliphatic heterocycles. The van der Waals surface area contributed by atoms with Gasteiger partial charge in [0.05, 0.1) is 10.2 Å². The van der Waals surface area contributed by atoms with E-state index in [0.717, 1.165) is 41.5 Å². The molecule has 1 aromatic carbocycles. The van der Waals surface area contributed by atoms with Crippen LogP contribution in [0.5, 0.6) is 0 Å². The Balaban J connectivity index is 1.66. The molecule has 0 radical (unpaired) electrons. The van der Waals surface area contributed by atoms with Crippen LogP contribution in [0.15, 0.2) is 22.5 Å². The van der Waals surface area contributed by atoms with Gasteiger partial charge in [0, 0.05) is 31.7 Å². The van der Waals surface area contributed by atoms with Crippen molar-refractivity contribution in [3.05, 3.63) is 18.2 Å². The van der Waals surface area contributed by atoms with E-state index in [9.17, 15) is 4.79 Å². The SMILES string of the molecule is CSc1nc2ccc(NC3CCN(C(C)=O)CC3)cc2s1. The number of carbonyl (C=O) groups is 1. The first-order valence-electron chi connectivity index (χ1n) is 7.12. The number of aromatic nitrogens is 1. The van der Waals surface area contributed by atoms with Crippen LogP contribution in [0.1, 0.15) is 19.8 Å². The predicted octanol–water partition coefficient (Wildman–Crippen LogP) is 3.44. The lowest BCUT2D eigenvalue weighted by atomic mass is 10.0. The highest BCUT2D eigenvalue weighted by Crippen LogP contribution is 2.30. The highest BCUT2D eigenvalue weighted by atomic mass is 32.2. The number of anilines is 1. The normalized spacial score (nSPS) is 16.4. The van der Waals surface area contributed by atoms with Crippen LogP contribution in [-0.4, -0.2) is 41.2 Å². The largest absolute Gasteiger partial charge is 0.382 e. The molecule has 0 bridgehead atoms. The molecular weight excluding hydrogens is 302 g/mol. The van der Waals surface area contributed by atoms with Gasteiger partial charge in [-0.3, -0.25) is 4.79 Å². The van der Waals surface area contributed by atoms with Crippen molar-refractivity contribution < 1.29 is 4.79 Å². The van der Waals surface area contributed by atoms with E-state index < -0.39 is 0 Å². The zero-order valence-corrected chi connectivity index (χ0v) is 13.9. The van der Waals surface area contributed by atoms with Crippen LogP contribution in [0.2, 0.25) is 0 Å². The molecule has 6 heteroatoms. The van der Waals surface area contributed by atoms with Crippen LogP contribution in [0, 0.1) is 0 Å². The zero-order chi connectivity index (χ0) is 14.8. The average molecular weight is 321 g/mol. The summed E-state index contributed by atoms with van der Waals surface area (Å²) in [5, 5.41) is 3.59. The number of hydrogen-bond donors (Lipinski definition) is 1. The van der Waals surface area contributed by atoms with Gasteiger partial charge in [-0.05, 0) is 37.3 Å². The Labute approximate surface area is 132 Å². The van der Waals surface area contributed by atoms with E-state index >= 15 is 0 Å². The molecule has 2 heterocycles. The van der Waals surface area contributed by atoms with Crippen molar-refractivity contribution in [3.8, 4) is 0 Å². The van der Waals surface area contributed by atoms with Crippen LogP contribution >= 0.6 is 23.1 Å². The maximum Gasteiger partial charge on any atom is 0.219 e. The van der Waals surface area contributed by atoms with Gasteiger partial charge < -0.3 is 10.2 Å². The first-order valence-corrected chi connectivity index (χ1v) is 9.16. The summed E-state index contributed by atoms with van der Waals surface area (Å²) in [5.74, 6) is 0.184. The highest BCUT2D eigenvalue weighted by Gasteiger charge is 2.20. The number of amides is 1. The number of likely N-dealkylation sites (tertiary alicyclic amines) is 1. The van der Waals surface area contributed by atoms with E-state index in [1.54, 1.807) is 30.0 Å². The number of piperidine rings is 1. The lowest BCUT2D eigenvalue weighted by Gasteiger charge is -2.32. The van der Waals surface area contributed by atoms with Crippen molar-refractivity contribution in [1.29, 1.82) is 0 Å². The van der Waals surface area contributed by atoms with Gasteiger partial charge in [0.15, 0.2) is 4.34 Å². The maximum atomic E-state index is 11.3. The van der Waals surface area contributed by atoms with Crippen LogP contribution in [-0.2, 0) is 4.79 Å². The third-order valence-electron chi connectivity index (χ3n) is 3.85. The molecule has 2 aromatic rings. The van der Waals surface area contributed by atoms with Gasteiger partial charge in [-0.2, -0.15) is 0 Å². The van der Waals surface area contributed by atoms with Crippen molar-refractivity contribution >= 4 is 44.9 Å². The molecule has 1 aromatic heterocycles. The van der Waals surface area contributed by atoms with E-state index in [1.165, 1.54) is 4.70 Å². The number of benzene rings is 1. The number of rotatable bonds is 3. The Hall–Kier alpha value is -1.27.